The molecular formula is C15H18N2O4. The van der Waals surface area contributed by atoms with E-state index in [-0.39, 0.29) is 18.1 Å². The van der Waals surface area contributed by atoms with Crippen LogP contribution in [0.3, 0.4) is 0 Å². The Morgan fingerprint density at radius 1 is 1.48 bits per heavy atom. The Morgan fingerprint density at radius 3 is 3.05 bits per heavy atom. The van der Waals surface area contributed by atoms with Crippen LogP contribution in [0, 0.1) is 0 Å². The molecule has 112 valence electrons. The second kappa shape index (κ2) is 5.73. The fourth-order valence-electron chi connectivity index (χ4n) is 2.63. The third-order valence-corrected chi connectivity index (χ3v) is 3.64. The lowest BCUT2D eigenvalue weighted by atomic mass is 10.2. The van der Waals surface area contributed by atoms with Crippen LogP contribution in [0.1, 0.15) is 19.8 Å². The first-order valence-corrected chi connectivity index (χ1v) is 7.15. The monoisotopic (exact) mass is 290 g/mol. The number of para-hydroxylation sites is 2. The van der Waals surface area contributed by atoms with Gasteiger partial charge in [0, 0.05) is 19.2 Å². The summed E-state index contributed by atoms with van der Waals surface area (Å²) in [5, 5.41) is 2.89. The molecular weight excluding hydrogens is 272 g/mol. The second-order valence-electron chi connectivity index (χ2n) is 5.36. The van der Waals surface area contributed by atoms with E-state index < -0.39 is 5.76 Å². The third-order valence-electron chi connectivity index (χ3n) is 3.64. The molecule has 1 saturated heterocycles. The molecule has 2 aromatic rings. The van der Waals surface area contributed by atoms with Gasteiger partial charge in [0.05, 0.1) is 5.52 Å². The van der Waals surface area contributed by atoms with Gasteiger partial charge in [-0.2, -0.15) is 0 Å². The normalized spacial score (nSPS) is 19.8. The molecule has 0 spiro atoms. The van der Waals surface area contributed by atoms with Crippen molar-refractivity contribution in [3.05, 3.63) is 34.8 Å². The maximum Gasteiger partial charge on any atom is 0.420 e. The number of nitrogens with one attached hydrogen (secondary N) is 1. The number of aromatic nitrogens is 1. The number of nitrogens with zero attached hydrogens (tertiary/aromatic N) is 1. The molecule has 1 aromatic carbocycles. The molecule has 0 radical (unpaired) electrons. The van der Waals surface area contributed by atoms with Crippen molar-refractivity contribution in [1.82, 2.24) is 9.88 Å². The van der Waals surface area contributed by atoms with Crippen LogP contribution in [0.2, 0.25) is 0 Å². The lowest BCUT2D eigenvalue weighted by molar-refractivity contribution is -0.130. The highest BCUT2D eigenvalue weighted by atomic mass is 16.5. The molecule has 0 bridgehead atoms. The summed E-state index contributed by atoms with van der Waals surface area (Å²) in [5.41, 5.74) is 1.29. The van der Waals surface area contributed by atoms with Gasteiger partial charge in [0.2, 0.25) is 5.91 Å². The van der Waals surface area contributed by atoms with Crippen LogP contribution in [0.25, 0.3) is 11.1 Å². The summed E-state index contributed by atoms with van der Waals surface area (Å²) in [5.74, 6) is -0.518. The molecule has 1 aliphatic rings. The molecule has 1 fully saturated rings. The predicted molar refractivity (Wildman–Crippen MR) is 77.1 cm³/mol. The highest BCUT2D eigenvalue weighted by molar-refractivity contribution is 5.81. The maximum absolute atomic E-state index is 12.0. The number of fused-ring (bicyclic) bond motifs is 1. The molecule has 1 aliphatic heterocycles. The van der Waals surface area contributed by atoms with E-state index in [2.05, 4.69) is 5.32 Å². The van der Waals surface area contributed by atoms with E-state index in [1.807, 2.05) is 25.1 Å². The van der Waals surface area contributed by atoms with Crippen LogP contribution in [0.15, 0.2) is 33.5 Å². The Hall–Kier alpha value is -2.08. The standard InChI is InChI=1S/C15H18N2O4/c1-10(16-14(18)13-7-4-8-20-13)9-17-11-5-2-3-6-12(11)21-15(17)19/h2-3,5-6,10,13H,4,7-9H2,1H3,(H,16,18)/t10-,13?/m0/s1. The van der Waals surface area contributed by atoms with Gasteiger partial charge in [0.1, 0.15) is 6.10 Å². The SMILES string of the molecule is C[C@@H](Cn1c(=O)oc2ccccc21)NC(=O)C1CCCO1. The zero-order valence-electron chi connectivity index (χ0n) is 11.9. The molecule has 1 aromatic heterocycles. The average Bonchev–Trinajstić information content (AvgIpc) is 3.08. The quantitative estimate of drug-likeness (QED) is 0.920. The van der Waals surface area contributed by atoms with Gasteiger partial charge in [0.25, 0.3) is 0 Å². The minimum Gasteiger partial charge on any atom is -0.408 e. The Kier molecular flexibility index (Phi) is 3.79. The molecule has 1 N–H and O–H groups in total. The molecule has 0 aliphatic carbocycles. The lowest BCUT2D eigenvalue weighted by Gasteiger charge is -2.17. The van der Waals surface area contributed by atoms with E-state index in [4.69, 9.17) is 9.15 Å². The number of amides is 1. The summed E-state index contributed by atoms with van der Waals surface area (Å²) in [6.45, 7) is 2.87. The van der Waals surface area contributed by atoms with E-state index in [1.165, 1.54) is 4.57 Å². The summed E-state index contributed by atoms with van der Waals surface area (Å²) in [6, 6.07) is 7.07. The van der Waals surface area contributed by atoms with Gasteiger partial charge in [-0.3, -0.25) is 9.36 Å². The van der Waals surface area contributed by atoms with E-state index in [9.17, 15) is 9.59 Å². The van der Waals surface area contributed by atoms with Crippen molar-refractivity contribution in [1.29, 1.82) is 0 Å². The van der Waals surface area contributed by atoms with E-state index >= 15 is 0 Å². The van der Waals surface area contributed by atoms with Gasteiger partial charge in [-0.25, -0.2) is 4.79 Å². The van der Waals surface area contributed by atoms with Crippen molar-refractivity contribution >= 4 is 17.0 Å². The molecule has 2 atom stereocenters. The van der Waals surface area contributed by atoms with Crippen molar-refractivity contribution in [2.45, 2.75) is 38.5 Å². The topological polar surface area (TPSA) is 73.5 Å². The van der Waals surface area contributed by atoms with Crippen molar-refractivity contribution in [2.24, 2.45) is 0 Å². The van der Waals surface area contributed by atoms with E-state index in [0.29, 0.717) is 18.7 Å². The predicted octanol–water partition coefficient (Wildman–Crippen LogP) is 1.28. The molecule has 3 rings (SSSR count). The van der Waals surface area contributed by atoms with Crippen LogP contribution in [-0.4, -0.2) is 29.2 Å². The molecule has 6 heteroatoms. The Balaban J connectivity index is 1.71. The Morgan fingerprint density at radius 2 is 2.29 bits per heavy atom. The summed E-state index contributed by atoms with van der Waals surface area (Å²) >= 11 is 0. The molecule has 1 amide bonds. The summed E-state index contributed by atoms with van der Waals surface area (Å²) < 4.78 is 12.1. The number of rotatable bonds is 4. The molecule has 2 heterocycles. The summed E-state index contributed by atoms with van der Waals surface area (Å²) in [4.78, 5) is 23.9. The maximum atomic E-state index is 12.0. The number of carbonyl (C=O) groups excluding carboxylic acids is 1. The molecule has 6 nitrogen and oxygen atoms in total. The third kappa shape index (κ3) is 2.85. The van der Waals surface area contributed by atoms with E-state index in [0.717, 1.165) is 18.4 Å². The van der Waals surface area contributed by atoms with Crippen LogP contribution >= 0.6 is 0 Å². The van der Waals surface area contributed by atoms with Crippen LogP contribution < -0.4 is 11.1 Å². The number of carbonyl (C=O) groups is 1. The van der Waals surface area contributed by atoms with Crippen LogP contribution in [0.5, 0.6) is 0 Å². The average molecular weight is 290 g/mol. The highest BCUT2D eigenvalue weighted by Crippen LogP contribution is 2.14. The second-order valence-corrected chi connectivity index (χ2v) is 5.36. The largest absolute Gasteiger partial charge is 0.420 e. The highest BCUT2D eigenvalue weighted by Gasteiger charge is 2.24. The van der Waals surface area contributed by atoms with Crippen molar-refractivity contribution in [3.63, 3.8) is 0 Å². The van der Waals surface area contributed by atoms with Crippen molar-refractivity contribution in [3.8, 4) is 0 Å². The fraction of sp³-hybridized carbons (Fsp3) is 0.467. The van der Waals surface area contributed by atoms with E-state index in [1.54, 1.807) is 6.07 Å². The Labute approximate surface area is 121 Å². The Bertz CT molecular complexity index is 697. The lowest BCUT2D eigenvalue weighted by Crippen LogP contribution is -2.42. The molecule has 21 heavy (non-hydrogen) atoms. The summed E-state index contributed by atoms with van der Waals surface area (Å²) in [7, 11) is 0. The smallest absolute Gasteiger partial charge is 0.408 e. The molecule has 1 unspecified atom stereocenters. The van der Waals surface area contributed by atoms with Gasteiger partial charge < -0.3 is 14.5 Å². The summed E-state index contributed by atoms with van der Waals surface area (Å²) in [6.07, 6.45) is 1.32. The van der Waals surface area contributed by atoms with Crippen molar-refractivity contribution in [2.75, 3.05) is 6.61 Å². The van der Waals surface area contributed by atoms with Crippen LogP contribution in [-0.2, 0) is 16.1 Å². The first kappa shape index (κ1) is 13.9. The van der Waals surface area contributed by atoms with Gasteiger partial charge in [-0.05, 0) is 31.9 Å². The number of hydrogen-bond acceptors (Lipinski definition) is 4. The number of hydrogen-bond donors (Lipinski definition) is 1. The number of oxazole rings is 1. The zero-order valence-corrected chi connectivity index (χ0v) is 11.9. The zero-order chi connectivity index (χ0) is 14.8. The first-order chi connectivity index (χ1) is 10.1. The number of ether oxygens (including phenoxy) is 1. The van der Waals surface area contributed by atoms with Crippen molar-refractivity contribution < 1.29 is 13.9 Å². The molecule has 0 saturated carbocycles. The number of benzene rings is 1. The van der Waals surface area contributed by atoms with Gasteiger partial charge in [-0.15, -0.1) is 0 Å². The fourth-order valence-corrected chi connectivity index (χ4v) is 2.63. The minimum absolute atomic E-state index is 0.110. The van der Waals surface area contributed by atoms with Gasteiger partial charge >= 0.3 is 5.76 Å². The first-order valence-electron chi connectivity index (χ1n) is 7.15. The van der Waals surface area contributed by atoms with Gasteiger partial charge in [0.15, 0.2) is 5.58 Å². The van der Waals surface area contributed by atoms with Crippen LogP contribution in [0.4, 0.5) is 0 Å². The van der Waals surface area contributed by atoms with Gasteiger partial charge in [-0.1, -0.05) is 12.1 Å². The minimum atomic E-state index is -0.408.